The molecule has 0 aliphatic carbocycles. The lowest BCUT2D eigenvalue weighted by molar-refractivity contribution is -0.235. The molecular formula is C12H14N4O10. The van der Waals surface area contributed by atoms with Crippen LogP contribution in [-0.2, 0) is 28.5 Å². The number of carbonyl (C=O) groups excluding carboxylic acids is 2. The van der Waals surface area contributed by atoms with Crippen molar-refractivity contribution in [1.29, 1.82) is 0 Å². The predicted molar refractivity (Wildman–Crippen MR) is 72.8 cm³/mol. The van der Waals surface area contributed by atoms with Gasteiger partial charge in [-0.3, -0.25) is 19.4 Å². The average Bonchev–Trinajstić information content (AvgIpc) is 3.24. The third-order valence-corrected chi connectivity index (χ3v) is 4.13. The molecule has 14 heteroatoms. The van der Waals surface area contributed by atoms with Crippen LogP contribution in [-0.4, -0.2) is 94.6 Å². The number of carboxylic acid groups (broad SMARTS) is 2. The second-order valence-electron chi connectivity index (χ2n) is 5.85. The Hall–Kier alpha value is -2.68. The first-order valence-electron chi connectivity index (χ1n) is 7.53. The van der Waals surface area contributed by atoms with Crippen molar-refractivity contribution in [2.24, 2.45) is 0 Å². The van der Waals surface area contributed by atoms with Crippen LogP contribution >= 0.6 is 0 Å². The van der Waals surface area contributed by atoms with E-state index in [4.69, 9.17) is 29.2 Å². The van der Waals surface area contributed by atoms with Gasteiger partial charge in [-0.1, -0.05) is 0 Å². The van der Waals surface area contributed by atoms with Gasteiger partial charge in [-0.05, 0) is 0 Å². The molecule has 4 saturated heterocycles. The van der Waals surface area contributed by atoms with Crippen LogP contribution in [0.2, 0.25) is 0 Å². The lowest BCUT2D eigenvalue weighted by atomic mass is 10.4. The summed E-state index contributed by atoms with van der Waals surface area (Å²) in [6, 6.07) is -1.29. The fourth-order valence-corrected chi connectivity index (χ4v) is 3.10. The van der Waals surface area contributed by atoms with Crippen molar-refractivity contribution in [2.75, 3.05) is 13.1 Å². The zero-order chi connectivity index (χ0) is 18.6. The van der Waals surface area contributed by atoms with Crippen LogP contribution in [0.15, 0.2) is 0 Å². The van der Waals surface area contributed by atoms with Crippen molar-refractivity contribution in [2.45, 2.75) is 37.5 Å². The van der Waals surface area contributed by atoms with E-state index in [1.807, 2.05) is 0 Å². The van der Waals surface area contributed by atoms with Crippen molar-refractivity contribution >= 4 is 24.0 Å². The Morgan fingerprint density at radius 2 is 1.19 bits per heavy atom. The topological polar surface area (TPSA) is 176 Å². The number of carbonyl (C=O) groups is 4. The third kappa shape index (κ3) is 2.68. The van der Waals surface area contributed by atoms with Crippen molar-refractivity contribution in [3.63, 3.8) is 0 Å². The van der Waals surface area contributed by atoms with Gasteiger partial charge in [-0.2, -0.15) is 0 Å². The maximum Gasteiger partial charge on any atom is 0.323 e. The van der Waals surface area contributed by atoms with E-state index in [9.17, 15) is 19.2 Å². The summed E-state index contributed by atoms with van der Waals surface area (Å²) in [6.07, 6.45) is -6.03. The quantitative estimate of drug-likeness (QED) is 0.395. The zero-order valence-electron chi connectivity index (χ0n) is 12.9. The molecule has 4 aliphatic rings. The molecule has 142 valence electrons. The second-order valence-corrected chi connectivity index (χ2v) is 5.85. The van der Waals surface area contributed by atoms with E-state index >= 15 is 0 Å². The van der Waals surface area contributed by atoms with E-state index < -0.39 is 74.6 Å². The molecule has 4 heterocycles. The highest BCUT2D eigenvalue weighted by molar-refractivity contribution is 5.83. The van der Waals surface area contributed by atoms with Gasteiger partial charge in [0, 0.05) is 0 Å². The molecule has 4 aliphatic heterocycles. The Balaban J connectivity index is 1.40. The summed E-state index contributed by atoms with van der Waals surface area (Å²) in [7, 11) is 0. The Morgan fingerprint density at radius 1 is 0.808 bits per heavy atom. The number of urea groups is 2. The van der Waals surface area contributed by atoms with E-state index in [1.165, 1.54) is 0 Å². The molecule has 0 radical (unpaired) electrons. The summed E-state index contributed by atoms with van der Waals surface area (Å²) in [5.41, 5.74) is 0. The number of nitrogens with one attached hydrogen (secondary N) is 2. The Labute approximate surface area is 144 Å². The summed E-state index contributed by atoms with van der Waals surface area (Å²) in [5, 5.41) is 22.6. The molecule has 0 saturated carbocycles. The molecule has 4 fully saturated rings. The van der Waals surface area contributed by atoms with Crippen LogP contribution in [0.4, 0.5) is 9.59 Å². The van der Waals surface area contributed by atoms with Gasteiger partial charge in [0.2, 0.25) is 12.6 Å². The van der Waals surface area contributed by atoms with Gasteiger partial charge >= 0.3 is 24.0 Å². The van der Waals surface area contributed by atoms with Gasteiger partial charge in [0.1, 0.15) is 13.1 Å². The van der Waals surface area contributed by atoms with Crippen LogP contribution in [0.1, 0.15) is 0 Å². The minimum atomic E-state index is -1.22. The van der Waals surface area contributed by atoms with E-state index in [2.05, 4.69) is 10.6 Å². The van der Waals surface area contributed by atoms with Gasteiger partial charge in [-0.15, -0.1) is 0 Å². The first-order chi connectivity index (χ1) is 12.3. The lowest BCUT2D eigenvalue weighted by Gasteiger charge is -2.23. The number of nitrogens with zero attached hydrogens (tertiary/aromatic N) is 2. The number of aliphatic carboxylic acids is 2. The van der Waals surface area contributed by atoms with E-state index in [-0.39, 0.29) is 0 Å². The number of ether oxygens (including phenoxy) is 4. The van der Waals surface area contributed by atoms with Crippen molar-refractivity contribution < 1.29 is 48.3 Å². The van der Waals surface area contributed by atoms with Crippen molar-refractivity contribution in [3.8, 4) is 0 Å². The monoisotopic (exact) mass is 374 g/mol. The maximum atomic E-state index is 11.7. The molecule has 0 bridgehead atoms. The molecule has 4 amide bonds. The fraction of sp³-hybridized carbons (Fsp3) is 0.667. The van der Waals surface area contributed by atoms with Gasteiger partial charge in [0.05, 0.1) is 0 Å². The van der Waals surface area contributed by atoms with E-state index in [1.54, 1.807) is 0 Å². The standard InChI is InChI=1S/C12H14N4O10/c17-3(18)1-15-7-5(13-11(15)21)23-9(25-7)10-24-6-8(26-10)16(2-4(19)20)12(22)14-6/h5-10H,1-2H2,(H,13,21)(H,14,22)(H,17,18)(H,19,20)/t5-,6+,7-,8+,9-,10+. The number of rotatable bonds is 5. The first kappa shape index (κ1) is 16.8. The van der Waals surface area contributed by atoms with Crippen LogP contribution in [0, 0.1) is 0 Å². The Kier molecular flexibility index (Phi) is 3.83. The highest BCUT2D eigenvalue weighted by Crippen LogP contribution is 2.34. The average molecular weight is 374 g/mol. The molecule has 0 unspecified atom stereocenters. The molecular weight excluding hydrogens is 360 g/mol. The molecule has 0 aromatic carbocycles. The second kappa shape index (κ2) is 5.94. The predicted octanol–water partition coefficient (Wildman–Crippen LogP) is -2.74. The van der Waals surface area contributed by atoms with Crippen molar-refractivity contribution in [3.05, 3.63) is 0 Å². The van der Waals surface area contributed by atoms with E-state index in [0.717, 1.165) is 9.80 Å². The van der Waals surface area contributed by atoms with Crippen molar-refractivity contribution in [1.82, 2.24) is 20.4 Å². The first-order valence-corrected chi connectivity index (χ1v) is 7.53. The summed E-state index contributed by atoms with van der Waals surface area (Å²) >= 11 is 0. The Bertz CT molecular complexity index is 616. The Morgan fingerprint density at radius 3 is 1.54 bits per heavy atom. The molecule has 4 N–H and O–H groups in total. The fourth-order valence-electron chi connectivity index (χ4n) is 3.10. The molecule has 26 heavy (non-hydrogen) atoms. The van der Waals surface area contributed by atoms with Crippen LogP contribution in [0.25, 0.3) is 0 Å². The third-order valence-electron chi connectivity index (χ3n) is 4.13. The summed E-state index contributed by atoms with van der Waals surface area (Å²) in [6.45, 7) is -1.16. The largest absolute Gasteiger partial charge is 0.480 e. The minimum absolute atomic E-state index is 0.580. The molecule has 6 atom stereocenters. The molecule has 4 rings (SSSR count). The molecule has 0 aromatic heterocycles. The number of carboxylic acids is 2. The van der Waals surface area contributed by atoms with Gasteiger partial charge in [-0.25, -0.2) is 9.59 Å². The highest BCUT2D eigenvalue weighted by Gasteiger charge is 2.57. The lowest BCUT2D eigenvalue weighted by Crippen LogP contribution is -2.43. The SMILES string of the molecule is O=C(O)CN1C(=O)N[C@@H]2O[C@@H]([C@H]3O[C@@H]4NC(=O)N(CC(=O)O)[C@H]4O3)O[C@H]21. The van der Waals surface area contributed by atoms with Crippen LogP contribution in [0.5, 0.6) is 0 Å². The highest BCUT2D eigenvalue weighted by atomic mass is 16.8. The minimum Gasteiger partial charge on any atom is -0.480 e. The van der Waals surface area contributed by atoms with Gasteiger partial charge in [0.15, 0.2) is 24.9 Å². The van der Waals surface area contributed by atoms with Gasteiger partial charge < -0.3 is 39.8 Å². The molecule has 0 spiro atoms. The van der Waals surface area contributed by atoms with E-state index in [0.29, 0.717) is 0 Å². The smallest absolute Gasteiger partial charge is 0.323 e. The molecule has 0 aromatic rings. The summed E-state index contributed by atoms with van der Waals surface area (Å²) in [5.74, 6) is -2.44. The number of amides is 4. The summed E-state index contributed by atoms with van der Waals surface area (Å²) < 4.78 is 22.0. The number of hydrogen-bond donors (Lipinski definition) is 4. The maximum absolute atomic E-state index is 11.7. The molecule has 14 nitrogen and oxygen atoms in total. The van der Waals surface area contributed by atoms with Crippen LogP contribution in [0.3, 0.4) is 0 Å². The summed E-state index contributed by atoms with van der Waals surface area (Å²) in [4.78, 5) is 47.0. The number of hydrogen-bond acceptors (Lipinski definition) is 8. The normalized spacial score (nSPS) is 38.2. The van der Waals surface area contributed by atoms with Gasteiger partial charge in [0.25, 0.3) is 0 Å². The number of fused-ring (bicyclic) bond motifs is 2. The van der Waals surface area contributed by atoms with Crippen LogP contribution < -0.4 is 10.6 Å². The zero-order valence-corrected chi connectivity index (χ0v) is 12.9.